The molecule has 1 fully saturated rings. The number of hydrogen-bond acceptors (Lipinski definition) is 8. The van der Waals surface area contributed by atoms with Crippen LogP contribution in [-0.2, 0) is 15.6 Å². The second-order valence-corrected chi connectivity index (χ2v) is 11.0. The lowest BCUT2D eigenvalue weighted by Crippen LogP contribution is -2.45. The Morgan fingerprint density at radius 3 is 2.68 bits per heavy atom. The van der Waals surface area contributed by atoms with Crippen molar-refractivity contribution in [2.75, 3.05) is 13.7 Å². The van der Waals surface area contributed by atoms with Crippen LogP contribution in [-0.4, -0.2) is 53.0 Å². The van der Waals surface area contributed by atoms with E-state index in [4.69, 9.17) is 4.74 Å². The molecule has 0 amide bonds. The molecule has 4 rings (SSSR count). The predicted molar refractivity (Wildman–Crippen MR) is 117 cm³/mol. The third-order valence-electron chi connectivity index (χ3n) is 5.44. The molecule has 1 aliphatic rings. The van der Waals surface area contributed by atoms with Crippen LogP contribution < -0.4 is 9.46 Å². The van der Waals surface area contributed by atoms with Crippen LogP contribution in [0.4, 0.5) is 0 Å². The largest absolute Gasteiger partial charge is 0.495 e. The van der Waals surface area contributed by atoms with Gasteiger partial charge in [0.1, 0.15) is 21.3 Å². The van der Waals surface area contributed by atoms with Crippen LogP contribution in [0.5, 0.6) is 5.75 Å². The Bertz CT molecular complexity index is 1220. The van der Waals surface area contributed by atoms with Crippen molar-refractivity contribution in [1.29, 1.82) is 0 Å². The molecule has 0 aliphatic heterocycles. The van der Waals surface area contributed by atoms with Crippen molar-refractivity contribution in [1.82, 2.24) is 19.3 Å². The highest BCUT2D eigenvalue weighted by molar-refractivity contribution is 7.89. The van der Waals surface area contributed by atoms with Crippen LogP contribution in [0, 0.1) is 12.8 Å². The summed E-state index contributed by atoms with van der Waals surface area (Å²) < 4.78 is 35.8. The molecule has 2 heterocycles. The molecule has 0 bridgehead atoms. The summed E-state index contributed by atoms with van der Waals surface area (Å²) in [4.78, 5) is 5.19. The first-order chi connectivity index (χ1) is 14.5. The number of aliphatic hydroxyl groups is 2. The minimum Gasteiger partial charge on any atom is -0.495 e. The summed E-state index contributed by atoms with van der Waals surface area (Å²) in [7, 11) is -2.41. The van der Waals surface area contributed by atoms with Crippen molar-refractivity contribution in [3.05, 3.63) is 28.9 Å². The third kappa shape index (κ3) is 4.08. The SMILES string of the molecule is COc1ccc(-c2c(C)nc3sc(C(C)(C)O)nn23)cc1S(=O)(=O)N[C@H]1C[C@H](CO)C1. The third-order valence-corrected chi connectivity index (χ3v) is 8.21. The fourth-order valence-electron chi connectivity index (χ4n) is 3.73. The van der Waals surface area contributed by atoms with E-state index in [9.17, 15) is 18.6 Å². The second-order valence-electron chi connectivity index (χ2n) is 8.41. The lowest BCUT2D eigenvalue weighted by atomic mass is 9.82. The minimum absolute atomic E-state index is 0.0345. The highest BCUT2D eigenvalue weighted by atomic mass is 32.2. The molecule has 9 nitrogen and oxygen atoms in total. The molecule has 0 radical (unpaired) electrons. The van der Waals surface area contributed by atoms with Crippen molar-refractivity contribution < 1.29 is 23.4 Å². The van der Waals surface area contributed by atoms with Gasteiger partial charge in [0.05, 0.1) is 18.5 Å². The average molecular weight is 467 g/mol. The van der Waals surface area contributed by atoms with E-state index in [1.165, 1.54) is 18.4 Å². The number of sulfonamides is 1. The maximum atomic E-state index is 13.1. The monoisotopic (exact) mass is 466 g/mol. The Kier molecular flexibility index (Phi) is 5.59. The van der Waals surface area contributed by atoms with Gasteiger partial charge in [0.15, 0.2) is 0 Å². The average Bonchev–Trinajstić information content (AvgIpc) is 3.20. The quantitative estimate of drug-likeness (QED) is 0.486. The Morgan fingerprint density at radius 2 is 2.06 bits per heavy atom. The fraction of sp³-hybridized carbons (Fsp3) is 0.500. The summed E-state index contributed by atoms with van der Waals surface area (Å²) in [6.07, 6.45) is 1.22. The first-order valence-corrected chi connectivity index (χ1v) is 12.2. The van der Waals surface area contributed by atoms with Gasteiger partial charge in [0.2, 0.25) is 15.0 Å². The normalized spacial score (nSPS) is 19.5. The molecule has 0 saturated heterocycles. The second kappa shape index (κ2) is 7.82. The van der Waals surface area contributed by atoms with Crippen molar-refractivity contribution in [2.24, 2.45) is 5.92 Å². The van der Waals surface area contributed by atoms with Crippen LogP contribution in [0.15, 0.2) is 23.1 Å². The molecule has 168 valence electrons. The number of fused-ring (bicyclic) bond motifs is 1. The number of imidazole rings is 1. The summed E-state index contributed by atoms with van der Waals surface area (Å²) in [5.74, 6) is 0.376. The number of aryl methyl sites for hydroxylation is 1. The number of hydrogen-bond donors (Lipinski definition) is 3. The van der Waals surface area contributed by atoms with Crippen LogP contribution in [0.2, 0.25) is 0 Å². The molecule has 0 atom stereocenters. The maximum absolute atomic E-state index is 13.1. The lowest BCUT2D eigenvalue weighted by Gasteiger charge is -2.34. The molecule has 0 spiro atoms. The summed E-state index contributed by atoms with van der Waals surface area (Å²) >= 11 is 1.29. The van der Waals surface area contributed by atoms with E-state index in [1.807, 2.05) is 6.92 Å². The Morgan fingerprint density at radius 1 is 1.35 bits per heavy atom. The van der Waals surface area contributed by atoms with Gasteiger partial charge in [-0.1, -0.05) is 11.3 Å². The van der Waals surface area contributed by atoms with E-state index in [-0.39, 0.29) is 29.2 Å². The number of methoxy groups -OCH3 is 1. The highest BCUT2D eigenvalue weighted by Crippen LogP contribution is 2.35. The van der Waals surface area contributed by atoms with E-state index in [2.05, 4.69) is 14.8 Å². The van der Waals surface area contributed by atoms with Gasteiger partial charge >= 0.3 is 0 Å². The van der Waals surface area contributed by atoms with Crippen LogP contribution in [0.1, 0.15) is 37.4 Å². The van der Waals surface area contributed by atoms with Gasteiger partial charge in [-0.2, -0.15) is 5.10 Å². The number of aromatic nitrogens is 3. The van der Waals surface area contributed by atoms with Gasteiger partial charge < -0.3 is 14.9 Å². The molecule has 1 aliphatic carbocycles. The molecular formula is C20H26N4O5S2. The maximum Gasteiger partial charge on any atom is 0.244 e. The molecule has 1 saturated carbocycles. The van der Waals surface area contributed by atoms with Gasteiger partial charge in [0, 0.05) is 18.2 Å². The number of aliphatic hydroxyl groups excluding tert-OH is 1. The number of benzene rings is 1. The number of rotatable bonds is 7. The molecule has 0 unspecified atom stereocenters. The standard InChI is InChI=1S/C20H26N4O5S2/c1-11-17(24-19(21-11)30-18(22-24)20(2,3)26)13-5-6-15(29-4)16(9-13)31(27,28)23-14-7-12(8-14)10-25/h5-6,9,12,14,23,25-26H,7-8,10H2,1-4H3/t12-,14-. The summed E-state index contributed by atoms with van der Waals surface area (Å²) in [6, 6.07) is 4.74. The van der Waals surface area contributed by atoms with Gasteiger partial charge in [-0.15, -0.1) is 0 Å². The zero-order valence-corrected chi connectivity index (χ0v) is 19.4. The molecule has 2 aromatic heterocycles. The lowest BCUT2D eigenvalue weighted by molar-refractivity contribution is 0.0773. The molecule has 3 N–H and O–H groups in total. The zero-order chi connectivity index (χ0) is 22.6. The molecular weight excluding hydrogens is 440 g/mol. The van der Waals surface area contributed by atoms with Crippen molar-refractivity contribution in [3.63, 3.8) is 0 Å². The summed E-state index contributed by atoms with van der Waals surface area (Å²) in [5, 5.41) is 24.5. The van der Waals surface area contributed by atoms with E-state index < -0.39 is 15.6 Å². The van der Waals surface area contributed by atoms with Gasteiger partial charge in [-0.3, -0.25) is 0 Å². The van der Waals surface area contributed by atoms with E-state index in [0.29, 0.717) is 39.8 Å². The fourth-order valence-corrected chi connectivity index (χ4v) is 6.13. The van der Waals surface area contributed by atoms with Crippen LogP contribution in [0.3, 0.4) is 0 Å². The van der Waals surface area contributed by atoms with Crippen molar-refractivity contribution in [2.45, 2.75) is 50.2 Å². The first kappa shape index (κ1) is 22.2. The van der Waals surface area contributed by atoms with Crippen molar-refractivity contribution >= 4 is 26.3 Å². The Balaban J connectivity index is 1.76. The van der Waals surface area contributed by atoms with Gasteiger partial charge in [-0.25, -0.2) is 22.6 Å². The van der Waals surface area contributed by atoms with Crippen LogP contribution in [0.25, 0.3) is 16.2 Å². The topological polar surface area (TPSA) is 126 Å². The van der Waals surface area contributed by atoms with Gasteiger partial charge in [0.25, 0.3) is 0 Å². The van der Waals surface area contributed by atoms with Crippen LogP contribution >= 0.6 is 11.3 Å². The molecule has 31 heavy (non-hydrogen) atoms. The minimum atomic E-state index is -3.84. The van der Waals surface area contributed by atoms with E-state index in [0.717, 1.165) is 0 Å². The zero-order valence-electron chi connectivity index (χ0n) is 17.8. The molecule has 3 aromatic rings. The molecule has 1 aromatic carbocycles. The highest BCUT2D eigenvalue weighted by Gasteiger charge is 2.33. The summed E-state index contributed by atoms with van der Waals surface area (Å²) in [5.41, 5.74) is 0.877. The number of ether oxygens (including phenoxy) is 1. The predicted octanol–water partition coefficient (Wildman–Crippen LogP) is 2.05. The van der Waals surface area contributed by atoms with Gasteiger partial charge in [-0.05, 0) is 57.7 Å². The molecule has 11 heteroatoms. The Hall–Kier alpha value is -2.05. The summed E-state index contributed by atoms with van der Waals surface area (Å²) in [6.45, 7) is 5.21. The van der Waals surface area contributed by atoms with Crippen molar-refractivity contribution in [3.8, 4) is 17.0 Å². The van der Waals surface area contributed by atoms with E-state index >= 15 is 0 Å². The Labute approximate surface area is 184 Å². The number of nitrogens with zero attached hydrogens (tertiary/aromatic N) is 3. The van der Waals surface area contributed by atoms with E-state index in [1.54, 1.807) is 36.6 Å². The smallest absolute Gasteiger partial charge is 0.244 e. The first-order valence-electron chi connectivity index (χ1n) is 9.94. The number of nitrogens with one attached hydrogen (secondary N) is 1.